The molecule has 0 N–H and O–H groups in total. The van der Waals surface area contributed by atoms with Crippen LogP contribution in [0.3, 0.4) is 0 Å². The van der Waals surface area contributed by atoms with Gasteiger partial charge >= 0.3 is 11.9 Å². The van der Waals surface area contributed by atoms with Crippen molar-refractivity contribution in [2.75, 3.05) is 27.4 Å². The summed E-state index contributed by atoms with van der Waals surface area (Å²) in [6, 6.07) is 0. The Morgan fingerprint density at radius 2 is 1.90 bits per heavy atom. The molecule has 0 unspecified atom stereocenters. The first-order chi connectivity index (χ1) is 10.00. The molecular weight excluding hydrogens is 276 g/mol. The second-order valence-electron chi connectivity index (χ2n) is 5.50. The van der Waals surface area contributed by atoms with Crippen LogP contribution in [0.5, 0.6) is 0 Å². The van der Waals surface area contributed by atoms with Gasteiger partial charge in [-0.3, -0.25) is 9.59 Å². The minimum absolute atomic E-state index is 0.212. The Morgan fingerprint density at radius 3 is 2.48 bits per heavy atom. The lowest BCUT2D eigenvalue weighted by molar-refractivity contribution is -0.251. The minimum Gasteiger partial charge on any atom is -0.469 e. The zero-order valence-electron chi connectivity index (χ0n) is 12.7. The summed E-state index contributed by atoms with van der Waals surface area (Å²) in [7, 11) is 2.70. The molecule has 1 saturated heterocycles. The van der Waals surface area contributed by atoms with Crippen molar-refractivity contribution in [3.8, 4) is 0 Å². The second kappa shape index (κ2) is 6.15. The number of methoxy groups -OCH3 is 2. The zero-order chi connectivity index (χ0) is 15.5. The molecule has 0 radical (unpaired) electrons. The van der Waals surface area contributed by atoms with E-state index in [0.29, 0.717) is 26.1 Å². The molecular formula is C15H22O6. The van der Waals surface area contributed by atoms with Crippen LogP contribution >= 0.6 is 0 Å². The highest BCUT2D eigenvalue weighted by Crippen LogP contribution is 2.52. The van der Waals surface area contributed by atoms with Crippen molar-refractivity contribution in [2.24, 2.45) is 11.3 Å². The van der Waals surface area contributed by atoms with Crippen LogP contribution < -0.4 is 0 Å². The maximum absolute atomic E-state index is 12.4. The van der Waals surface area contributed by atoms with Crippen molar-refractivity contribution in [2.45, 2.75) is 32.0 Å². The number of ether oxygens (including phenoxy) is 4. The summed E-state index contributed by atoms with van der Waals surface area (Å²) in [5.41, 5.74) is -0.985. The molecule has 0 aromatic heterocycles. The van der Waals surface area contributed by atoms with Gasteiger partial charge in [0.25, 0.3) is 0 Å². The molecule has 6 heteroatoms. The predicted octanol–water partition coefficient (Wildman–Crippen LogP) is 1.44. The summed E-state index contributed by atoms with van der Waals surface area (Å²) >= 11 is 0. The van der Waals surface area contributed by atoms with Crippen LogP contribution in [0.15, 0.2) is 12.2 Å². The van der Waals surface area contributed by atoms with Gasteiger partial charge in [-0.15, -0.1) is 0 Å². The fourth-order valence-corrected chi connectivity index (χ4v) is 3.23. The fourth-order valence-electron chi connectivity index (χ4n) is 3.23. The van der Waals surface area contributed by atoms with Crippen molar-refractivity contribution < 1.29 is 28.5 Å². The molecule has 2 aliphatic rings. The van der Waals surface area contributed by atoms with Gasteiger partial charge in [0.2, 0.25) is 0 Å². The lowest BCUT2D eigenvalue weighted by atomic mass is 9.64. The molecule has 0 bridgehead atoms. The summed E-state index contributed by atoms with van der Waals surface area (Å²) < 4.78 is 21.3. The van der Waals surface area contributed by atoms with Gasteiger partial charge in [-0.05, 0) is 19.3 Å². The molecule has 6 nitrogen and oxygen atoms in total. The number of esters is 2. The van der Waals surface area contributed by atoms with E-state index in [4.69, 9.17) is 14.2 Å². The Morgan fingerprint density at radius 1 is 1.24 bits per heavy atom. The maximum atomic E-state index is 12.4. The SMILES string of the molecule is COC(=O)CC[C@H]1C=CCC2(OCCO2)[C@]1(C)C(=O)OC. The Hall–Kier alpha value is -1.40. The molecule has 1 spiro atoms. The van der Waals surface area contributed by atoms with E-state index in [2.05, 4.69) is 4.74 Å². The van der Waals surface area contributed by atoms with Crippen molar-refractivity contribution in [3.63, 3.8) is 0 Å². The molecule has 2 rings (SSSR count). The number of carbonyl (C=O) groups is 2. The van der Waals surface area contributed by atoms with Crippen molar-refractivity contribution in [3.05, 3.63) is 12.2 Å². The predicted molar refractivity (Wildman–Crippen MR) is 73.3 cm³/mol. The maximum Gasteiger partial charge on any atom is 0.317 e. The molecule has 0 saturated carbocycles. The van der Waals surface area contributed by atoms with E-state index < -0.39 is 11.2 Å². The van der Waals surface area contributed by atoms with Crippen LogP contribution in [0, 0.1) is 11.3 Å². The number of rotatable bonds is 4. The third kappa shape index (κ3) is 2.58. The molecule has 1 aliphatic carbocycles. The molecule has 1 heterocycles. The van der Waals surface area contributed by atoms with E-state index in [-0.39, 0.29) is 24.3 Å². The average Bonchev–Trinajstić information content (AvgIpc) is 2.97. The van der Waals surface area contributed by atoms with Crippen LogP contribution in [0.2, 0.25) is 0 Å². The van der Waals surface area contributed by atoms with E-state index in [9.17, 15) is 9.59 Å². The van der Waals surface area contributed by atoms with E-state index in [0.717, 1.165) is 0 Å². The fraction of sp³-hybridized carbons (Fsp3) is 0.733. The van der Waals surface area contributed by atoms with Crippen molar-refractivity contribution >= 4 is 11.9 Å². The van der Waals surface area contributed by atoms with Crippen molar-refractivity contribution in [1.29, 1.82) is 0 Å². The Labute approximate surface area is 124 Å². The Kier molecular flexibility index (Phi) is 4.68. The molecule has 0 amide bonds. The second-order valence-corrected chi connectivity index (χ2v) is 5.50. The van der Waals surface area contributed by atoms with E-state index in [1.807, 2.05) is 12.2 Å². The smallest absolute Gasteiger partial charge is 0.317 e. The molecule has 118 valence electrons. The minimum atomic E-state index is -1.00. The number of allylic oxidation sites excluding steroid dienone is 1. The molecule has 0 aromatic rings. The molecule has 0 aromatic carbocycles. The first-order valence-corrected chi connectivity index (χ1v) is 7.10. The van der Waals surface area contributed by atoms with Gasteiger partial charge in [0.05, 0.1) is 27.4 Å². The Balaban J connectivity index is 2.29. The molecule has 1 fully saturated rings. The lowest BCUT2D eigenvalue weighted by Gasteiger charge is -2.47. The van der Waals surface area contributed by atoms with Crippen LogP contribution in [-0.2, 0) is 28.5 Å². The lowest BCUT2D eigenvalue weighted by Crippen LogP contribution is -2.58. The highest BCUT2D eigenvalue weighted by Gasteiger charge is 2.62. The van der Waals surface area contributed by atoms with Crippen LogP contribution in [-0.4, -0.2) is 45.2 Å². The first-order valence-electron chi connectivity index (χ1n) is 7.10. The summed E-state index contributed by atoms with van der Waals surface area (Å²) in [5, 5.41) is 0. The summed E-state index contributed by atoms with van der Waals surface area (Å²) in [6.07, 6.45) is 5.08. The quantitative estimate of drug-likeness (QED) is 0.578. The molecule has 2 atom stereocenters. The van der Waals surface area contributed by atoms with Gasteiger partial charge in [0.15, 0.2) is 5.79 Å². The Bertz CT molecular complexity index is 437. The number of carbonyl (C=O) groups excluding carboxylic acids is 2. The van der Waals surface area contributed by atoms with Crippen LogP contribution in [0.1, 0.15) is 26.2 Å². The topological polar surface area (TPSA) is 71.1 Å². The van der Waals surface area contributed by atoms with E-state index in [1.165, 1.54) is 14.2 Å². The highest BCUT2D eigenvalue weighted by molar-refractivity contribution is 5.79. The standard InChI is InChI=1S/C15H22O6/c1-14(13(17)19-3)11(6-7-12(16)18-2)5-4-8-15(14)20-9-10-21-15/h4-5,11H,6-10H2,1-3H3/t11-,14+/m1/s1. The van der Waals surface area contributed by atoms with Gasteiger partial charge in [-0.25, -0.2) is 0 Å². The van der Waals surface area contributed by atoms with Gasteiger partial charge in [0, 0.05) is 12.8 Å². The molecule has 1 aliphatic heterocycles. The van der Waals surface area contributed by atoms with E-state index >= 15 is 0 Å². The van der Waals surface area contributed by atoms with Gasteiger partial charge in [0.1, 0.15) is 5.41 Å². The van der Waals surface area contributed by atoms with E-state index in [1.54, 1.807) is 6.92 Å². The summed E-state index contributed by atoms with van der Waals surface area (Å²) in [6.45, 7) is 2.68. The monoisotopic (exact) mass is 298 g/mol. The summed E-state index contributed by atoms with van der Waals surface area (Å²) in [4.78, 5) is 23.8. The van der Waals surface area contributed by atoms with Gasteiger partial charge in [-0.1, -0.05) is 12.2 Å². The van der Waals surface area contributed by atoms with Crippen molar-refractivity contribution in [1.82, 2.24) is 0 Å². The first kappa shape index (κ1) is 16.0. The number of hydrogen-bond acceptors (Lipinski definition) is 6. The van der Waals surface area contributed by atoms with Gasteiger partial charge < -0.3 is 18.9 Å². The molecule has 21 heavy (non-hydrogen) atoms. The van der Waals surface area contributed by atoms with Crippen LogP contribution in [0.4, 0.5) is 0 Å². The third-order valence-corrected chi connectivity index (χ3v) is 4.54. The number of hydrogen-bond donors (Lipinski definition) is 0. The normalized spacial score (nSPS) is 30.3. The third-order valence-electron chi connectivity index (χ3n) is 4.54. The van der Waals surface area contributed by atoms with Crippen LogP contribution in [0.25, 0.3) is 0 Å². The average molecular weight is 298 g/mol. The van der Waals surface area contributed by atoms with Gasteiger partial charge in [-0.2, -0.15) is 0 Å². The summed E-state index contributed by atoms with van der Waals surface area (Å²) in [5.74, 6) is -1.90. The highest BCUT2D eigenvalue weighted by atomic mass is 16.7. The zero-order valence-corrected chi connectivity index (χ0v) is 12.7. The largest absolute Gasteiger partial charge is 0.469 e.